The largest absolute Gasteiger partial charge is 0.176 e. The van der Waals surface area contributed by atoms with Crippen LogP contribution in [-0.4, -0.2) is 5.25 Å². The first-order valence-corrected chi connectivity index (χ1v) is 4.97. The minimum Gasteiger partial charge on any atom is -0.176 e. The summed E-state index contributed by atoms with van der Waals surface area (Å²) >= 11 is 4.32. The molecule has 0 fully saturated rings. The molecule has 0 radical (unpaired) electrons. The molecule has 0 saturated carbocycles. The second-order valence-electron chi connectivity index (χ2n) is 3.05. The van der Waals surface area contributed by atoms with E-state index in [0.29, 0.717) is 5.25 Å². The van der Waals surface area contributed by atoms with Gasteiger partial charge in [0.05, 0.1) is 0 Å². The van der Waals surface area contributed by atoms with Crippen molar-refractivity contribution in [2.45, 2.75) is 57.6 Å². The summed E-state index contributed by atoms with van der Waals surface area (Å²) in [7, 11) is 0. The average molecular weight is 160 g/mol. The van der Waals surface area contributed by atoms with Crippen molar-refractivity contribution in [3.63, 3.8) is 0 Å². The zero-order valence-corrected chi connectivity index (χ0v) is 8.16. The van der Waals surface area contributed by atoms with Gasteiger partial charge in [0.15, 0.2) is 0 Å². The van der Waals surface area contributed by atoms with Gasteiger partial charge >= 0.3 is 0 Å². The molecule has 1 heteroatoms. The fourth-order valence-corrected chi connectivity index (χ4v) is 1.23. The highest BCUT2D eigenvalue weighted by Gasteiger charge is 1.93. The first kappa shape index (κ1) is 10.3. The van der Waals surface area contributed by atoms with E-state index >= 15 is 0 Å². The summed E-state index contributed by atoms with van der Waals surface area (Å²) in [6.07, 6.45) is 8.21. The third-order valence-electron chi connectivity index (χ3n) is 1.73. The Kier molecular flexibility index (Phi) is 7.72. The first-order valence-electron chi connectivity index (χ1n) is 4.45. The van der Waals surface area contributed by atoms with E-state index in [0.717, 1.165) is 0 Å². The SMILES string of the molecule is CCCCCCCC(C)S. The van der Waals surface area contributed by atoms with Crippen LogP contribution in [0.5, 0.6) is 0 Å². The summed E-state index contributed by atoms with van der Waals surface area (Å²) in [6.45, 7) is 4.42. The molecule has 62 valence electrons. The molecular weight excluding hydrogens is 140 g/mol. The lowest BCUT2D eigenvalue weighted by atomic mass is 10.1. The van der Waals surface area contributed by atoms with Crippen molar-refractivity contribution in [1.29, 1.82) is 0 Å². The number of rotatable bonds is 6. The molecule has 0 aliphatic rings. The molecule has 0 aliphatic carbocycles. The molecule has 0 heterocycles. The lowest BCUT2D eigenvalue weighted by molar-refractivity contribution is 0.607. The van der Waals surface area contributed by atoms with Crippen LogP contribution in [0.15, 0.2) is 0 Å². The van der Waals surface area contributed by atoms with Crippen molar-refractivity contribution < 1.29 is 0 Å². The normalized spacial score (nSPS) is 13.5. The number of hydrogen-bond acceptors (Lipinski definition) is 1. The van der Waals surface area contributed by atoms with E-state index in [4.69, 9.17) is 0 Å². The Morgan fingerprint density at radius 3 is 2.20 bits per heavy atom. The predicted molar refractivity (Wildman–Crippen MR) is 51.8 cm³/mol. The van der Waals surface area contributed by atoms with E-state index in [-0.39, 0.29) is 0 Å². The van der Waals surface area contributed by atoms with Gasteiger partial charge in [-0.25, -0.2) is 0 Å². The van der Waals surface area contributed by atoms with Crippen LogP contribution in [0.25, 0.3) is 0 Å². The summed E-state index contributed by atoms with van der Waals surface area (Å²) in [5.74, 6) is 0. The van der Waals surface area contributed by atoms with Crippen LogP contribution in [-0.2, 0) is 0 Å². The van der Waals surface area contributed by atoms with Gasteiger partial charge in [0.25, 0.3) is 0 Å². The molecule has 0 saturated heterocycles. The summed E-state index contributed by atoms with van der Waals surface area (Å²) in [4.78, 5) is 0. The van der Waals surface area contributed by atoms with Gasteiger partial charge in [-0.15, -0.1) is 0 Å². The summed E-state index contributed by atoms with van der Waals surface area (Å²) in [6, 6.07) is 0. The summed E-state index contributed by atoms with van der Waals surface area (Å²) in [5, 5.41) is 0.599. The number of unbranched alkanes of at least 4 members (excludes halogenated alkanes) is 4. The van der Waals surface area contributed by atoms with Crippen molar-refractivity contribution in [2.24, 2.45) is 0 Å². The van der Waals surface area contributed by atoms with E-state index in [9.17, 15) is 0 Å². The highest BCUT2D eigenvalue weighted by atomic mass is 32.1. The monoisotopic (exact) mass is 160 g/mol. The van der Waals surface area contributed by atoms with Gasteiger partial charge in [-0.2, -0.15) is 12.6 Å². The third-order valence-corrected chi connectivity index (χ3v) is 1.98. The average Bonchev–Trinajstić information content (AvgIpc) is 1.87. The van der Waals surface area contributed by atoms with Crippen molar-refractivity contribution in [2.75, 3.05) is 0 Å². The molecule has 0 aromatic carbocycles. The van der Waals surface area contributed by atoms with Gasteiger partial charge in [0, 0.05) is 0 Å². The van der Waals surface area contributed by atoms with Crippen LogP contribution in [0.3, 0.4) is 0 Å². The fraction of sp³-hybridized carbons (Fsp3) is 1.00. The van der Waals surface area contributed by atoms with Crippen molar-refractivity contribution >= 4 is 12.6 Å². The topological polar surface area (TPSA) is 0 Å². The highest BCUT2D eigenvalue weighted by Crippen LogP contribution is 2.09. The molecule has 0 amide bonds. The molecule has 0 rings (SSSR count). The molecule has 0 nitrogen and oxygen atoms in total. The van der Waals surface area contributed by atoms with Gasteiger partial charge in [0.1, 0.15) is 0 Å². The predicted octanol–water partition coefficient (Wildman–Crippen LogP) is 3.67. The molecule has 0 spiro atoms. The van der Waals surface area contributed by atoms with Crippen LogP contribution < -0.4 is 0 Å². The van der Waals surface area contributed by atoms with Crippen LogP contribution >= 0.6 is 12.6 Å². The maximum absolute atomic E-state index is 4.32. The smallest absolute Gasteiger partial charge is 0.00116 e. The Morgan fingerprint density at radius 1 is 1.10 bits per heavy atom. The summed E-state index contributed by atoms with van der Waals surface area (Å²) < 4.78 is 0. The molecule has 0 aromatic rings. The van der Waals surface area contributed by atoms with Crippen LogP contribution in [0.4, 0.5) is 0 Å². The minimum absolute atomic E-state index is 0.599. The summed E-state index contributed by atoms with van der Waals surface area (Å²) in [5.41, 5.74) is 0. The number of hydrogen-bond donors (Lipinski definition) is 1. The van der Waals surface area contributed by atoms with Crippen molar-refractivity contribution in [1.82, 2.24) is 0 Å². The molecule has 1 unspecified atom stereocenters. The Bertz CT molecular complexity index is 59.7. The lowest BCUT2D eigenvalue weighted by Gasteiger charge is -2.02. The molecule has 0 bridgehead atoms. The van der Waals surface area contributed by atoms with Gasteiger partial charge in [-0.05, 0) is 11.7 Å². The molecular formula is C9H20S. The standard InChI is InChI=1S/C9H20S/c1-3-4-5-6-7-8-9(2)10/h9-10H,3-8H2,1-2H3. The molecule has 10 heavy (non-hydrogen) atoms. The van der Waals surface area contributed by atoms with Gasteiger partial charge in [-0.3, -0.25) is 0 Å². The van der Waals surface area contributed by atoms with Crippen molar-refractivity contribution in [3.8, 4) is 0 Å². The zero-order valence-electron chi connectivity index (χ0n) is 7.27. The van der Waals surface area contributed by atoms with Crippen LogP contribution in [0, 0.1) is 0 Å². The molecule has 0 aliphatic heterocycles. The van der Waals surface area contributed by atoms with E-state index in [1.165, 1.54) is 38.5 Å². The molecule has 0 aromatic heterocycles. The van der Waals surface area contributed by atoms with E-state index in [1.807, 2.05) is 0 Å². The maximum atomic E-state index is 4.32. The fourth-order valence-electron chi connectivity index (χ4n) is 1.04. The van der Waals surface area contributed by atoms with Gasteiger partial charge < -0.3 is 0 Å². The second kappa shape index (κ2) is 7.46. The first-order chi connectivity index (χ1) is 4.77. The Labute approximate surface area is 70.8 Å². The van der Waals surface area contributed by atoms with Gasteiger partial charge in [0.2, 0.25) is 0 Å². The Hall–Kier alpha value is 0.350. The Morgan fingerprint density at radius 2 is 1.70 bits per heavy atom. The van der Waals surface area contributed by atoms with Gasteiger partial charge in [-0.1, -0.05) is 46.0 Å². The second-order valence-corrected chi connectivity index (χ2v) is 3.93. The van der Waals surface area contributed by atoms with Crippen LogP contribution in [0.2, 0.25) is 0 Å². The highest BCUT2D eigenvalue weighted by molar-refractivity contribution is 7.80. The minimum atomic E-state index is 0.599. The lowest BCUT2D eigenvalue weighted by Crippen LogP contribution is -1.89. The van der Waals surface area contributed by atoms with Crippen molar-refractivity contribution in [3.05, 3.63) is 0 Å². The maximum Gasteiger partial charge on any atom is -0.00116 e. The molecule has 1 atom stereocenters. The quantitative estimate of drug-likeness (QED) is 0.445. The van der Waals surface area contributed by atoms with E-state index in [2.05, 4.69) is 26.5 Å². The van der Waals surface area contributed by atoms with E-state index < -0.39 is 0 Å². The number of thiol groups is 1. The van der Waals surface area contributed by atoms with E-state index in [1.54, 1.807) is 0 Å². The zero-order chi connectivity index (χ0) is 7.82. The van der Waals surface area contributed by atoms with Crippen LogP contribution in [0.1, 0.15) is 52.4 Å². The molecule has 0 N–H and O–H groups in total. The third kappa shape index (κ3) is 8.35. The Balaban J connectivity index is 2.77.